The van der Waals surface area contributed by atoms with Crippen LogP contribution in [0.15, 0.2) is 36.0 Å². The van der Waals surface area contributed by atoms with Gasteiger partial charge in [0.05, 0.1) is 0 Å². The Balaban J connectivity index is 1.61. The fourth-order valence-electron chi connectivity index (χ4n) is 2.82. The molecule has 110 valence electrons. The molecule has 0 radical (unpaired) electrons. The molecular formula is C17H21N3O. The summed E-state index contributed by atoms with van der Waals surface area (Å²) in [5.74, 6) is -0.0884. The van der Waals surface area contributed by atoms with Crippen molar-refractivity contribution in [1.29, 1.82) is 0 Å². The van der Waals surface area contributed by atoms with Crippen molar-refractivity contribution in [2.75, 3.05) is 6.54 Å². The summed E-state index contributed by atoms with van der Waals surface area (Å²) in [5, 5.41) is 2.97. The number of amides is 1. The molecule has 2 heterocycles. The first-order valence-electron chi connectivity index (χ1n) is 7.65. The number of imidazole rings is 1. The van der Waals surface area contributed by atoms with Gasteiger partial charge in [-0.05, 0) is 51.2 Å². The lowest BCUT2D eigenvalue weighted by Crippen LogP contribution is -2.25. The fourth-order valence-corrected chi connectivity index (χ4v) is 2.82. The number of carbonyl (C=O) groups is 1. The van der Waals surface area contributed by atoms with Gasteiger partial charge >= 0.3 is 0 Å². The predicted octanol–water partition coefficient (Wildman–Crippen LogP) is 3.26. The van der Waals surface area contributed by atoms with Crippen LogP contribution in [0.1, 0.15) is 48.3 Å². The van der Waals surface area contributed by atoms with Crippen LogP contribution in [0.5, 0.6) is 0 Å². The minimum atomic E-state index is -0.0884. The highest BCUT2D eigenvalue weighted by molar-refractivity contribution is 5.92. The Labute approximate surface area is 124 Å². The smallest absolute Gasteiger partial charge is 0.271 e. The van der Waals surface area contributed by atoms with Crippen molar-refractivity contribution in [2.24, 2.45) is 0 Å². The molecule has 4 nitrogen and oxygen atoms in total. The standard InChI is InChI=1S/C17H21N3O/c1-13-6-5-9-16-19-15(12-20(13)16)17(21)18-11-10-14-7-3-2-4-8-14/h5-7,9,12H,2-4,8,10-11H2,1H3,(H,18,21). The van der Waals surface area contributed by atoms with Crippen molar-refractivity contribution < 1.29 is 4.79 Å². The number of rotatable bonds is 4. The zero-order chi connectivity index (χ0) is 14.7. The van der Waals surface area contributed by atoms with E-state index in [9.17, 15) is 4.79 Å². The normalized spacial score (nSPS) is 15.0. The van der Waals surface area contributed by atoms with Crippen LogP contribution in [0.2, 0.25) is 0 Å². The molecule has 1 aliphatic rings. The van der Waals surface area contributed by atoms with E-state index in [2.05, 4.69) is 16.4 Å². The Morgan fingerprint density at radius 1 is 1.38 bits per heavy atom. The average molecular weight is 283 g/mol. The third kappa shape index (κ3) is 3.15. The van der Waals surface area contributed by atoms with Crippen molar-refractivity contribution in [3.8, 4) is 0 Å². The molecule has 0 spiro atoms. The zero-order valence-corrected chi connectivity index (χ0v) is 12.4. The summed E-state index contributed by atoms with van der Waals surface area (Å²) >= 11 is 0. The largest absolute Gasteiger partial charge is 0.350 e. The van der Waals surface area contributed by atoms with Crippen LogP contribution in [0.3, 0.4) is 0 Å². The molecule has 2 aromatic rings. The summed E-state index contributed by atoms with van der Waals surface area (Å²) in [7, 11) is 0. The maximum atomic E-state index is 12.2. The third-order valence-electron chi connectivity index (χ3n) is 4.05. The quantitative estimate of drug-likeness (QED) is 0.875. The van der Waals surface area contributed by atoms with Gasteiger partial charge in [0.2, 0.25) is 0 Å². The molecule has 1 aliphatic carbocycles. The molecule has 2 aromatic heterocycles. The number of fused-ring (bicyclic) bond motifs is 1. The van der Waals surface area contributed by atoms with E-state index >= 15 is 0 Å². The summed E-state index contributed by atoms with van der Waals surface area (Å²) < 4.78 is 1.94. The maximum Gasteiger partial charge on any atom is 0.271 e. The molecule has 1 N–H and O–H groups in total. The van der Waals surface area contributed by atoms with Gasteiger partial charge in [0.1, 0.15) is 11.3 Å². The van der Waals surface area contributed by atoms with E-state index in [4.69, 9.17) is 0 Å². The van der Waals surface area contributed by atoms with Crippen LogP contribution in [0.25, 0.3) is 5.65 Å². The van der Waals surface area contributed by atoms with Gasteiger partial charge in [-0.15, -0.1) is 0 Å². The summed E-state index contributed by atoms with van der Waals surface area (Å²) in [5.41, 5.74) is 3.86. The SMILES string of the molecule is Cc1cccc2nc(C(=O)NCCC3=CCCCC3)cn12. The Hall–Kier alpha value is -2.10. The van der Waals surface area contributed by atoms with Gasteiger partial charge in [-0.25, -0.2) is 4.98 Å². The number of aromatic nitrogens is 2. The fraction of sp³-hybridized carbons (Fsp3) is 0.412. The summed E-state index contributed by atoms with van der Waals surface area (Å²) in [6.45, 7) is 2.70. The third-order valence-corrected chi connectivity index (χ3v) is 4.05. The monoisotopic (exact) mass is 283 g/mol. The van der Waals surface area contributed by atoms with Gasteiger partial charge in [-0.2, -0.15) is 0 Å². The lowest BCUT2D eigenvalue weighted by atomic mass is 9.97. The van der Waals surface area contributed by atoms with Crippen LogP contribution < -0.4 is 5.32 Å². The van der Waals surface area contributed by atoms with Gasteiger partial charge in [0.25, 0.3) is 5.91 Å². The van der Waals surface area contributed by atoms with Gasteiger partial charge in [0.15, 0.2) is 0 Å². The highest BCUT2D eigenvalue weighted by Gasteiger charge is 2.11. The topological polar surface area (TPSA) is 46.4 Å². The van der Waals surface area contributed by atoms with E-state index in [0.29, 0.717) is 12.2 Å². The molecular weight excluding hydrogens is 262 g/mol. The molecule has 0 saturated carbocycles. The average Bonchev–Trinajstić information content (AvgIpc) is 2.94. The van der Waals surface area contributed by atoms with Crippen LogP contribution in [-0.2, 0) is 0 Å². The number of aryl methyl sites for hydroxylation is 1. The lowest BCUT2D eigenvalue weighted by molar-refractivity contribution is 0.0949. The highest BCUT2D eigenvalue weighted by atomic mass is 16.1. The van der Waals surface area contributed by atoms with Crippen molar-refractivity contribution >= 4 is 11.6 Å². The van der Waals surface area contributed by atoms with E-state index in [0.717, 1.165) is 17.8 Å². The van der Waals surface area contributed by atoms with Crippen LogP contribution in [0.4, 0.5) is 0 Å². The highest BCUT2D eigenvalue weighted by Crippen LogP contribution is 2.19. The second-order valence-electron chi connectivity index (χ2n) is 5.64. The first kappa shape index (κ1) is 13.9. The predicted molar refractivity (Wildman–Crippen MR) is 83.4 cm³/mol. The number of pyridine rings is 1. The van der Waals surface area contributed by atoms with Crippen molar-refractivity contribution in [1.82, 2.24) is 14.7 Å². The summed E-state index contributed by atoms with van der Waals surface area (Å²) in [6, 6.07) is 5.87. The number of hydrogen-bond acceptors (Lipinski definition) is 2. The number of hydrogen-bond donors (Lipinski definition) is 1. The molecule has 4 heteroatoms. The molecule has 0 aliphatic heterocycles. The first-order valence-corrected chi connectivity index (χ1v) is 7.65. The molecule has 21 heavy (non-hydrogen) atoms. The van der Waals surface area contributed by atoms with Gasteiger partial charge in [-0.3, -0.25) is 4.79 Å². The Kier molecular flexibility index (Phi) is 4.04. The van der Waals surface area contributed by atoms with E-state index in [-0.39, 0.29) is 5.91 Å². The minimum absolute atomic E-state index is 0.0884. The van der Waals surface area contributed by atoms with E-state index < -0.39 is 0 Å². The van der Waals surface area contributed by atoms with Gasteiger partial charge in [-0.1, -0.05) is 17.7 Å². The first-order chi connectivity index (χ1) is 10.2. The Morgan fingerprint density at radius 2 is 2.29 bits per heavy atom. The molecule has 0 bridgehead atoms. The lowest BCUT2D eigenvalue weighted by Gasteiger charge is -2.12. The van der Waals surface area contributed by atoms with Gasteiger partial charge < -0.3 is 9.72 Å². The molecule has 1 amide bonds. The molecule has 0 fully saturated rings. The number of carbonyl (C=O) groups excluding carboxylic acids is 1. The molecule has 0 atom stereocenters. The van der Waals surface area contributed by atoms with Crippen molar-refractivity contribution in [2.45, 2.75) is 39.0 Å². The van der Waals surface area contributed by atoms with Crippen LogP contribution in [-0.4, -0.2) is 21.8 Å². The van der Waals surface area contributed by atoms with Crippen LogP contribution >= 0.6 is 0 Å². The maximum absolute atomic E-state index is 12.2. The Morgan fingerprint density at radius 3 is 3.05 bits per heavy atom. The van der Waals surface area contributed by atoms with Crippen molar-refractivity contribution in [3.63, 3.8) is 0 Å². The van der Waals surface area contributed by atoms with Crippen molar-refractivity contribution in [3.05, 3.63) is 47.4 Å². The number of nitrogens with zero attached hydrogens (tertiary/aromatic N) is 2. The van der Waals surface area contributed by atoms with E-state index in [1.807, 2.05) is 29.5 Å². The molecule has 0 aromatic carbocycles. The minimum Gasteiger partial charge on any atom is -0.350 e. The summed E-state index contributed by atoms with van der Waals surface area (Å²) in [6.07, 6.45) is 10.0. The molecule has 0 unspecified atom stereocenters. The number of nitrogens with one attached hydrogen (secondary N) is 1. The molecule has 0 saturated heterocycles. The van der Waals surface area contributed by atoms with E-state index in [1.165, 1.54) is 31.3 Å². The van der Waals surface area contributed by atoms with Gasteiger partial charge in [0, 0.05) is 18.4 Å². The zero-order valence-electron chi connectivity index (χ0n) is 12.4. The van der Waals surface area contributed by atoms with E-state index in [1.54, 1.807) is 6.20 Å². The second-order valence-corrected chi connectivity index (χ2v) is 5.64. The Bertz CT molecular complexity index is 684. The summed E-state index contributed by atoms with van der Waals surface area (Å²) in [4.78, 5) is 16.5. The second kappa shape index (κ2) is 6.12. The molecule has 3 rings (SSSR count). The van der Waals surface area contributed by atoms with Crippen LogP contribution in [0, 0.1) is 6.92 Å². The number of allylic oxidation sites excluding steroid dienone is 1.